The predicted molar refractivity (Wildman–Crippen MR) is 116 cm³/mol. The lowest BCUT2D eigenvalue weighted by atomic mass is 9.97. The molecule has 0 saturated carbocycles. The number of anilines is 1. The first-order valence-electron chi connectivity index (χ1n) is 9.84. The van der Waals surface area contributed by atoms with Gasteiger partial charge in [0, 0.05) is 33.8 Å². The van der Waals surface area contributed by atoms with Crippen molar-refractivity contribution >= 4 is 24.2 Å². The van der Waals surface area contributed by atoms with E-state index in [2.05, 4.69) is 10.3 Å². The Kier molecular flexibility index (Phi) is 5.43. The first kappa shape index (κ1) is 20.0. The number of hydrogen-bond donors (Lipinski definition) is 2. The SMILES string of the molecule is CCOc1ccc(NC(c2c[nH]c3ccccc23)P2(=O)OCC(C)(C)CO2)cc1. The van der Waals surface area contributed by atoms with Crippen molar-refractivity contribution in [3.8, 4) is 5.75 Å². The van der Waals surface area contributed by atoms with Crippen molar-refractivity contribution in [1.82, 2.24) is 4.98 Å². The van der Waals surface area contributed by atoms with E-state index in [0.717, 1.165) is 27.9 Å². The van der Waals surface area contributed by atoms with Gasteiger partial charge in [0.15, 0.2) is 5.78 Å². The molecule has 3 aromatic rings. The molecule has 0 radical (unpaired) electrons. The second-order valence-electron chi connectivity index (χ2n) is 8.04. The molecular formula is C22H27N2O4P. The summed E-state index contributed by atoms with van der Waals surface area (Å²) < 4.78 is 31.1. The number of rotatable bonds is 6. The summed E-state index contributed by atoms with van der Waals surface area (Å²) in [5.74, 6) is 0.160. The largest absolute Gasteiger partial charge is 0.494 e. The fourth-order valence-corrected chi connectivity index (χ4v) is 5.67. The Balaban J connectivity index is 1.70. The number of benzene rings is 2. The lowest BCUT2D eigenvalue weighted by molar-refractivity contribution is 0.0388. The van der Waals surface area contributed by atoms with E-state index in [-0.39, 0.29) is 5.41 Å². The average Bonchev–Trinajstić information content (AvgIpc) is 3.14. The fraction of sp³-hybridized carbons (Fsp3) is 0.364. The Morgan fingerprint density at radius 1 is 1.14 bits per heavy atom. The highest BCUT2D eigenvalue weighted by molar-refractivity contribution is 7.54. The molecule has 29 heavy (non-hydrogen) atoms. The van der Waals surface area contributed by atoms with Crippen LogP contribution in [0.15, 0.2) is 54.7 Å². The molecule has 4 rings (SSSR count). The maximum absolute atomic E-state index is 13.8. The third-order valence-corrected chi connectivity index (χ3v) is 6.99. The van der Waals surface area contributed by atoms with Crippen molar-refractivity contribution in [3.05, 3.63) is 60.3 Å². The molecule has 1 fully saturated rings. The first-order chi connectivity index (χ1) is 13.9. The van der Waals surface area contributed by atoms with Crippen molar-refractivity contribution in [2.45, 2.75) is 26.6 Å². The van der Waals surface area contributed by atoms with Gasteiger partial charge in [-0.05, 0) is 37.3 Å². The molecule has 1 unspecified atom stereocenters. The monoisotopic (exact) mass is 414 g/mol. The van der Waals surface area contributed by atoms with Gasteiger partial charge in [-0.3, -0.25) is 4.57 Å². The van der Waals surface area contributed by atoms with E-state index in [1.165, 1.54) is 0 Å². The minimum Gasteiger partial charge on any atom is -0.494 e. The smallest absolute Gasteiger partial charge is 0.357 e. The summed E-state index contributed by atoms with van der Waals surface area (Å²) >= 11 is 0. The highest BCUT2D eigenvalue weighted by atomic mass is 31.2. The van der Waals surface area contributed by atoms with Gasteiger partial charge in [-0.1, -0.05) is 32.0 Å². The normalized spacial score (nSPS) is 19.0. The molecule has 2 aromatic carbocycles. The van der Waals surface area contributed by atoms with Gasteiger partial charge >= 0.3 is 7.60 Å². The van der Waals surface area contributed by atoms with Crippen molar-refractivity contribution < 1.29 is 18.3 Å². The average molecular weight is 414 g/mol. The van der Waals surface area contributed by atoms with Crippen molar-refractivity contribution in [1.29, 1.82) is 0 Å². The van der Waals surface area contributed by atoms with Crippen LogP contribution in [0.25, 0.3) is 10.9 Å². The molecule has 1 aliphatic heterocycles. The fourth-order valence-electron chi connectivity index (χ4n) is 3.38. The third kappa shape index (κ3) is 4.20. The van der Waals surface area contributed by atoms with Crippen LogP contribution in [0.5, 0.6) is 5.75 Å². The molecule has 0 amide bonds. The van der Waals surface area contributed by atoms with Gasteiger partial charge in [-0.15, -0.1) is 0 Å². The van der Waals surface area contributed by atoms with Crippen LogP contribution in [0.2, 0.25) is 0 Å². The van der Waals surface area contributed by atoms with Crippen LogP contribution in [-0.2, 0) is 13.6 Å². The topological polar surface area (TPSA) is 72.6 Å². The standard InChI is InChI=1S/C22H27N2O4P/c1-4-26-17-11-9-16(10-12-17)24-21(29(25)27-14-22(2,3)15-28-29)19-13-23-20-8-6-5-7-18(19)20/h5-13,21,23-24H,4,14-15H2,1-3H3. The molecule has 7 heteroatoms. The maximum atomic E-state index is 13.8. The number of fused-ring (bicyclic) bond motifs is 1. The number of nitrogens with one attached hydrogen (secondary N) is 2. The number of para-hydroxylation sites is 1. The third-order valence-electron chi connectivity index (χ3n) is 4.97. The van der Waals surface area contributed by atoms with Gasteiger partial charge in [0.2, 0.25) is 0 Å². The molecule has 0 bridgehead atoms. The Bertz CT molecular complexity index is 1010. The van der Waals surface area contributed by atoms with Crippen LogP contribution in [0.3, 0.4) is 0 Å². The number of H-pyrrole nitrogens is 1. The lowest BCUT2D eigenvalue weighted by Gasteiger charge is -2.37. The van der Waals surface area contributed by atoms with Crippen molar-refractivity contribution in [2.24, 2.45) is 5.41 Å². The zero-order valence-electron chi connectivity index (χ0n) is 17.0. The zero-order valence-corrected chi connectivity index (χ0v) is 17.9. The second kappa shape index (κ2) is 7.86. The number of ether oxygens (including phenoxy) is 1. The maximum Gasteiger partial charge on any atom is 0.357 e. The lowest BCUT2D eigenvalue weighted by Crippen LogP contribution is -2.31. The van der Waals surface area contributed by atoms with Gasteiger partial charge in [0.1, 0.15) is 5.75 Å². The van der Waals surface area contributed by atoms with E-state index < -0.39 is 13.4 Å². The summed E-state index contributed by atoms with van der Waals surface area (Å²) in [7, 11) is -3.45. The summed E-state index contributed by atoms with van der Waals surface area (Å²) in [6.07, 6.45) is 1.88. The molecule has 0 aliphatic carbocycles. The second-order valence-corrected chi connectivity index (χ2v) is 10.2. The van der Waals surface area contributed by atoms with E-state index in [9.17, 15) is 4.57 Å². The van der Waals surface area contributed by atoms with Crippen molar-refractivity contribution in [3.63, 3.8) is 0 Å². The van der Waals surface area contributed by atoms with E-state index in [4.69, 9.17) is 13.8 Å². The van der Waals surface area contributed by atoms with Crippen molar-refractivity contribution in [2.75, 3.05) is 25.1 Å². The highest BCUT2D eigenvalue weighted by Gasteiger charge is 2.44. The van der Waals surface area contributed by atoms with Gasteiger partial charge in [-0.2, -0.15) is 0 Å². The van der Waals surface area contributed by atoms with E-state index in [1.807, 2.05) is 75.5 Å². The molecular weight excluding hydrogens is 387 g/mol. The Labute approximate surface area is 171 Å². The van der Waals surface area contributed by atoms with E-state index in [1.54, 1.807) is 0 Å². The molecule has 1 aliphatic rings. The van der Waals surface area contributed by atoms with Gasteiger partial charge in [0.05, 0.1) is 19.8 Å². The Hall–Kier alpha value is -2.27. The predicted octanol–water partition coefficient (Wildman–Crippen LogP) is 5.94. The molecule has 1 atom stereocenters. The van der Waals surface area contributed by atoms with Gasteiger partial charge in [-0.25, -0.2) is 0 Å². The molecule has 2 N–H and O–H groups in total. The molecule has 0 spiro atoms. The number of hydrogen-bond acceptors (Lipinski definition) is 5. The zero-order chi connectivity index (χ0) is 20.5. The van der Waals surface area contributed by atoms with E-state index >= 15 is 0 Å². The highest BCUT2D eigenvalue weighted by Crippen LogP contribution is 2.64. The first-order valence-corrected chi connectivity index (χ1v) is 11.5. The van der Waals surface area contributed by atoms with Crippen LogP contribution in [0, 0.1) is 5.41 Å². The minimum atomic E-state index is -3.45. The van der Waals surface area contributed by atoms with Gasteiger partial charge < -0.3 is 24.1 Å². The molecule has 154 valence electrons. The number of aromatic amines is 1. The summed E-state index contributed by atoms with van der Waals surface area (Å²) in [4.78, 5) is 3.26. The van der Waals surface area contributed by atoms with Crippen LogP contribution in [0.4, 0.5) is 5.69 Å². The molecule has 2 heterocycles. The minimum absolute atomic E-state index is 0.169. The summed E-state index contributed by atoms with van der Waals surface area (Å²) in [5, 5.41) is 4.38. The van der Waals surface area contributed by atoms with Crippen LogP contribution in [-0.4, -0.2) is 24.8 Å². The summed E-state index contributed by atoms with van der Waals surface area (Å²) in [5.41, 5.74) is 2.48. The van der Waals surface area contributed by atoms with Crippen LogP contribution in [0.1, 0.15) is 32.1 Å². The molecule has 6 nitrogen and oxygen atoms in total. The Morgan fingerprint density at radius 3 is 2.52 bits per heavy atom. The van der Waals surface area contributed by atoms with Crippen LogP contribution >= 0.6 is 7.60 Å². The van der Waals surface area contributed by atoms with E-state index in [0.29, 0.717) is 19.8 Å². The Morgan fingerprint density at radius 2 is 1.83 bits per heavy atom. The van der Waals surface area contributed by atoms with Crippen LogP contribution < -0.4 is 10.1 Å². The number of aromatic nitrogens is 1. The quantitative estimate of drug-likeness (QED) is 0.488. The molecule has 1 aromatic heterocycles. The summed E-state index contributed by atoms with van der Waals surface area (Å²) in [6.45, 7) is 7.40. The van der Waals surface area contributed by atoms with Gasteiger partial charge in [0.25, 0.3) is 0 Å². The molecule has 1 saturated heterocycles. The summed E-state index contributed by atoms with van der Waals surface area (Å²) in [6, 6.07) is 15.5.